The molecule has 2 aromatic carbocycles. The monoisotopic (exact) mass is 337 g/mol. The van der Waals surface area contributed by atoms with Crippen LogP contribution in [0, 0.1) is 19.7 Å². The van der Waals surface area contributed by atoms with Crippen molar-refractivity contribution in [3.05, 3.63) is 76.7 Å². The third kappa shape index (κ3) is 3.97. The smallest absolute Gasteiger partial charge is 0.123 e. The van der Waals surface area contributed by atoms with Crippen molar-refractivity contribution in [1.29, 1.82) is 0 Å². The number of hydrogen-bond donors (Lipinski definition) is 2. The molecule has 0 saturated carbocycles. The summed E-state index contributed by atoms with van der Waals surface area (Å²) >= 11 is 0. The molecule has 1 heterocycles. The van der Waals surface area contributed by atoms with Crippen molar-refractivity contribution in [1.82, 2.24) is 15.5 Å². The Labute approximate surface area is 148 Å². The SMILES string of the molecule is CC[C@@H](NCc1cn[nH]c1-c1ccc(C)c(C)c1)c1ccc(F)cc1. The van der Waals surface area contributed by atoms with E-state index in [0.717, 1.165) is 28.8 Å². The highest BCUT2D eigenvalue weighted by atomic mass is 19.1. The van der Waals surface area contributed by atoms with Crippen LogP contribution in [-0.2, 0) is 6.54 Å². The van der Waals surface area contributed by atoms with Crippen LogP contribution in [0.3, 0.4) is 0 Å². The molecule has 0 aliphatic heterocycles. The minimum absolute atomic E-state index is 0.183. The predicted molar refractivity (Wildman–Crippen MR) is 99.8 cm³/mol. The van der Waals surface area contributed by atoms with E-state index in [4.69, 9.17) is 0 Å². The summed E-state index contributed by atoms with van der Waals surface area (Å²) in [5, 5.41) is 10.9. The normalized spacial score (nSPS) is 12.3. The molecule has 130 valence electrons. The highest BCUT2D eigenvalue weighted by Crippen LogP contribution is 2.25. The van der Waals surface area contributed by atoms with Crippen LogP contribution in [0.2, 0.25) is 0 Å². The molecule has 0 aliphatic carbocycles. The molecule has 1 aromatic heterocycles. The van der Waals surface area contributed by atoms with E-state index < -0.39 is 0 Å². The van der Waals surface area contributed by atoms with E-state index in [9.17, 15) is 4.39 Å². The summed E-state index contributed by atoms with van der Waals surface area (Å²) in [6.45, 7) is 7.06. The van der Waals surface area contributed by atoms with Crippen LogP contribution in [0.1, 0.15) is 41.6 Å². The van der Waals surface area contributed by atoms with Crippen LogP contribution in [0.5, 0.6) is 0 Å². The summed E-state index contributed by atoms with van der Waals surface area (Å²) in [6, 6.07) is 13.3. The minimum Gasteiger partial charge on any atom is -0.306 e. The average Bonchev–Trinajstić information content (AvgIpc) is 3.08. The number of aryl methyl sites for hydroxylation is 2. The number of aromatic nitrogens is 2. The predicted octanol–water partition coefficient (Wildman–Crippen LogP) is 5.07. The number of nitrogens with one attached hydrogen (secondary N) is 2. The number of halogens is 1. The lowest BCUT2D eigenvalue weighted by atomic mass is 10.0. The topological polar surface area (TPSA) is 40.7 Å². The minimum atomic E-state index is -0.203. The number of nitrogens with zero attached hydrogens (tertiary/aromatic N) is 1. The Morgan fingerprint density at radius 3 is 2.52 bits per heavy atom. The van der Waals surface area contributed by atoms with Crippen LogP contribution in [-0.4, -0.2) is 10.2 Å². The standard InChI is InChI=1S/C21H24FN3/c1-4-20(16-7-9-19(22)10-8-16)23-12-18-13-24-25-21(18)17-6-5-14(2)15(3)11-17/h5-11,13,20,23H,4,12H2,1-3H3,(H,24,25)/t20-/m1/s1. The Kier molecular flexibility index (Phi) is 5.29. The second-order valence-electron chi connectivity index (χ2n) is 6.46. The maximum absolute atomic E-state index is 13.1. The Balaban J connectivity index is 1.76. The molecule has 2 N–H and O–H groups in total. The summed E-state index contributed by atoms with van der Waals surface area (Å²) in [7, 11) is 0. The lowest BCUT2D eigenvalue weighted by molar-refractivity contribution is 0.518. The molecule has 0 radical (unpaired) electrons. The molecule has 4 heteroatoms. The summed E-state index contributed by atoms with van der Waals surface area (Å²) in [5.74, 6) is -0.203. The Morgan fingerprint density at radius 2 is 1.84 bits per heavy atom. The number of H-pyrrole nitrogens is 1. The fourth-order valence-electron chi connectivity index (χ4n) is 3.02. The van der Waals surface area contributed by atoms with Crippen LogP contribution in [0.4, 0.5) is 4.39 Å². The maximum Gasteiger partial charge on any atom is 0.123 e. The van der Waals surface area contributed by atoms with Crippen molar-refractivity contribution in [2.75, 3.05) is 0 Å². The fraction of sp³-hybridized carbons (Fsp3) is 0.286. The van der Waals surface area contributed by atoms with Gasteiger partial charge < -0.3 is 5.32 Å². The molecule has 0 saturated heterocycles. The van der Waals surface area contributed by atoms with Gasteiger partial charge in [-0.1, -0.05) is 31.2 Å². The Morgan fingerprint density at radius 1 is 1.08 bits per heavy atom. The zero-order chi connectivity index (χ0) is 17.8. The maximum atomic E-state index is 13.1. The summed E-state index contributed by atoms with van der Waals surface area (Å²) in [4.78, 5) is 0. The van der Waals surface area contributed by atoms with Gasteiger partial charge in [0, 0.05) is 23.7 Å². The van der Waals surface area contributed by atoms with E-state index in [-0.39, 0.29) is 11.9 Å². The molecule has 3 rings (SSSR count). The molecule has 0 spiro atoms. The van der Waals surface area contributed by atoms with Gasteiger partial charge in [-0.25, -0.2) is 4.39 Å². The first-order valence-corrected chi connectivity index (χ1v) is 8.67. The van der Waals surface area contributed by atoms with Gasteiger partial charge in [0.05, 0.1) is 11.9 Å². The number of hydrogen-bond acceptors (Lipinski definition) is 2. The molecule has 0 bridgehead atoms. The first-order valence-electron chi connectivity index (χ1n) is 8.67. The van der Waals surface area contributed by atoms with E-state index in [2.05, 4.69) is 54.5 Å². The molecule has 0 fully saturated rings. The molecule has 3 nitrogen and oxygen atoms in total. The zero-order valence-electron chi connectivity index (χ0n) is 14.9. The van der Waals surface area contributed by atoms with Crippen LogP contribution < -0.4 is 5.32 Å². The third-order valence-corrected chi connectivity index (χ3v) is 4.73. The summed E-state index contributed by atoms with van der Waals surface area (Å²) in [6.07, 6.45) is 2.80. The van der Waals surface area contributed by atoms with Crippen molar-refractivity contribution in [3.8, 4) is 11.3 Å². The van der Waals surface area contributed by atoms with Gasteiger partial charge in [0.25, 0.3) is 0 Å². The van der Waals surface area contributed by atoms with E-state index in [1.807, 2.05) is 18.3 Å². The van der Waals surface area contributed by atoms with Gasteiger partial charge in [0.1, 0.15) is 5.82 Å². The van der Waals surface area contributed by atoms with E-state index >= 15 is 0 Å². The van der Waals surface area contributed by atoms with Crippen molar-refractivity contribution < 1.29 is 4.39 Å². The highest BCUT2D eigenvalue weighted by molar-refractivity contribution is 5.64. The number of benzene rings is 2. The van der Waals surface area contributed by atoms with Gasteiger partial charge in [-0.05, 0) is 55.2 Å². The van der Waals surface area contributed by atoms with E-state index in [1.165, 1.54) is 23.3 Å². The molecule has 0 unspecified atom stereocenters. The van der Waals surface area contributed by atoms with Gasteiger partial charge in [-0.2, -0.15) is 5.10 Å². The van der Waals surface area contributed by atoms with E-state index in [0.29, 0.717) is 6.54 Å². The largest absolute Gasteiger partial charge is 0.306 e. The van der Waals surface area contributed by atoms with Gasteiger partial charge in [0.15, 0.2) is 0 Å². The molecule has 1 atom stereocenters. The third-order valence-electron chi connectivity index (χ3n) is 4.73. The zero-order valence-corrected chi connectivity index (χ0v) is 14.9. The lowest BCUT2D eigenvalue weighted by Crippen LogP contribution is -2.20. The van der Waals surface area contributed by atoms with Crippen LogP contribution in [0.25, 0.3) is 11.3 Å². The number of aromatic amines is 1. The van der Waals surface area contributed by atoms with E-state index in [1.54, 1.807) is 0 Å². The van der Waals surface area contributed by atoms with Gasteiger partial charge >= 0.3 is 0 Å². The summed E-state index contributed by atoms with van der Waals surface area (Å²) < 4.78 is 13.1. The van der Waals surface area contributed by atoms with Gasteiger partial charge in [-0.3, -0.25) is 5.10 Å². The van der Waals surface area contributed by atoms with Gasteiger partial charge in [-0.15, -0.1) is 0 Å². The molecule has 3 aromatic rings. The molecule has 25 heavy (non-hydrogen) atoms. The van der Waals surface area contributed by atoms with Crippen molar-refractivity contribution in [2.45, 2.75) is 39.8 Å². The van der Waals surface area contributed by atoms with Crippen LogP contribution in [0.15, 0.2) is 48.7 Å². The molecular formula is C21H24FN3. The van der Waals surface area contributed by atoms with Crippen molar-refractivity contribution in [3.63, 3.8) is 0 Å². The Bertz CT molecular complexity index is 837. The van der Waals surface area contributed by atoms with Crippen molar-refractivity contribution >= 4 is 0 Å². The average molecular weight is 337 g/mol. The quantitative estimate of drug-likeness (QED) is 0.659. The second-order valence-corrected chi connectivity index (χ2v) is 6.46. The van der Waals surface area contributed by atoms with Gasteiger partial charge in [0.2, 0.25) is 0 Å². The number of rotatable bonds is 6. The second kappa shape index (κ2) is 7.62. The highest BCUT2D eigenvalue weighted by Gasteiger charge is 2.12. The molecule has 0 amide bonds. The first-order chi connectivity index (χ1) is 12.1. The van der Waals surface area contributed by atoms with Crippen LogP contribution >= 0.6 is 0 Å². The Hall–Kier alpha value is -2.46. The fourth-order valence-corrected chi connectivity index (χ4v) is 3.02. The molecular weight excluding hydrogens is 313 g/mol. The lowest BCUT2D eigenvalue weighted by Gasteiger charge is -2.17. The molecule has 0 aliphatic rings. The first kappa shape index (κ1) is 17.4. The van der Waals surface area contributed by atoms with Crippen molar-refractivity contribution in [2.24, 2.45) is 0 Å². The summed E-state index contributed by atoms with van der Waals surface area (Å²) in [5.41, 5.74) is 6.97.